The van der Waals surface area contributed by atoms with Gasteiger partial charge >= 0.3 is 0 Å². The lowest BCUT2D eigenvalue weighted by Gasteiger charge is -2.22. The highest BCUT2D eigenvalue weighted by atomic mass is 32.2. The van der Waals surface area contributed by atoms with Gasteiger partial charge < -0.3 is 9.47 Å². The third kappa shape index (κ3) is 5.84. The van der Waals surface area contributed by atoms with E-state index < -0.39 is 15.8 Å². The van der Waals surface area contributed by atoms with E-state index in [4.69, 9.17) is 9.47 Å². The van der Waals surface area contributed by atoms with Gasteiger partial charge in [-0.25, -0.2) is 13.1 Å². The predicted octanol–water partition coefficient (Wildman–Crippen LogP) is 2.60. The quantitative estimate of drug-likeness (QED) is 0.816. The molecule has 1 heterocycles. The average molecular weight is 356 g/mol. The molecule has 24 heavy (non-hydrogen) atoms. The van der Waals surface area contributed by atoms with Crippen LogP contribution in [0.5, 0.6) is 0 Å². The molecule has 0 saturated carbocycles. The third-order valence-electron chi connectivity index (χ3n) is 4.28. The molecule has 2 rings (SSSR count). The fourth-order valence-electron chi connectivity index (χ4n) is 2.63. The van der Waals surface area contributed by atoms with E-state index in [1.807, 2.05) is 19.1 Å². The van der Waals surface area contributed by atoms with Crippen LogP contribution in [0, 0.1) is 0 Å². The van der Waals surface area contributed by atoms with Gasteiger partial charge in [-0.05, 0) is 29.9 Å². The predicted molar refractivity (Wildman–Crippen MR) is 95.6 cm³/mol. The molecule has 136 valence electrons. The van der Waals surface area contributed by atoms with Crippen molar-refractivity contribution in [3.05, 3.63) is 35.4 Å². The summed E-state index contributed by atoms with van der Waals surface area (Å²) in [7, 11) is -3.30. The zero-order valence-corrected chi connectivity index (χ0v) is 15.9. The first-order chi connectivity index (χ1) is 11.1. The summed E-state index contributed by atoms with van der Waals surface area (Å²) in [5.74, 6) is -0.578. The third-order valence-corrected chi connectivity index (χ3v) is 5.66. The minimum absolute atomic E-state index is 0.0836. The normalized spacial score (nSPS) is 18.0. The van der Waals surface area contributed by atoms with Crippen LogP contribution in [-0.2, 0) is 31.3 Å². The minimum Gasteiger partial charge on any atom is -0.348 e. The van der Waals surface area contributed by atoms with Gasteiger partial charge in [0.25, 0.3) is 0 Å². The molecule has 0 aliphatic carbocycles. The monoisotopic (exact) mass is 355 g/mol. The Bertz CT molecular complexity index is 626. The molecule has 0 bridgehead atoms. The zero-order valence-electron chi connectivity index (χ0n) is 15.1. The maximum atomic E-state index is 12.1. The van der Waals surface area contributed by atoms with Crippen molar-refractivity contribution in [3.63, 3.8) is 0 Å². The molecular formula is C18H29NO4S. The Hall–Kier alpha value is -0.950. The molecule has 0 amide bonds. The van der Waals surface area contributed by atoms with Crippen molar-refractivity contribution in [1.82, 2.24) is 4.72 Å². The van der Waals surface area contributed by atoms with E-state index in [0.29, 0.717) is 32.6 Å². The maximum Gasteiger partial charge on any atom is 0.211 e. The van der Waals surface area contributed by atoms with Gasteiger partial charge in [-0.3, -0.25) is 0 Å². The summed E-state index contributed by atoms with van der Waals surface area (Å²) >= 11 is 0. The number of aryl methyl sites for hydroxylation is 1. The molecule has 1 saturated heterocycles. The molecule has 0 unspecified atom stereocenters. The first kappa shape index (κ1) is 19.4. The van der Waals surface area contributed by atoms with Gasteiger partial charge in [0, 0.05) is 13.0 Å². The van der Waals surface area contributed by atoms with Gasteiger partial charge in [0.05, 0.1) is 19.0 Å². The number of nitrogens with one attached hydrogen (secondary N) is 1. The summed E-state index contributed by atoms with van der Waals surface area (Å²) in [5.41, 5.74) is 2.38. The molecule has 1 fully saturated rings. The Morgan fingerprint density at radius 2 is 1.71 bits per heavy atom. The van der Waals surface area contributed by atoms with Crippen LogP contribution in [0.4, 0.5) is 0 Å². The smallest absolute Gasteiger partial charge is 0.211 e. The topological polar surface area (TPSA) is 64.6 Å². The molecule has 0 radical (unpaired) electrons. The SMILES string of the molecule is CC1(CCNS(=O)(=O)CCc2ccc(C(C)(C)C)cc2)OCCO1. The fourth-order valence-corrected chi connectivity index (χ4v) is 3.69. The van der Waals surface area contributed by atoms with Crippen molar-refractivity contribution in [2.45, 2.75) is 51.7 Å². The number of hydrogen-bond acceptors (Lipinski definition) is 4. The summed E-state index contributed by atoms with van der Waals surface area (Å²) in [6.45, 7) is 9.77. The number of sulfonamides is 1. The van der Waals surface area contributed by atoms with Crippen LogP contribution in [0.15, 0.2) is 24.3 Å². The molecule has 1 aromatic rings. The molecule has 1 aliphatic heterocycles. The second-order valence-corrected chi connectivity index (χ2v) is 9.42. The molecule has 1 N–H and O–H groups in total. The second kappa shape index (κ2) is 7.52. The van der Waals surface area contributed by atoms with Gasteiger partial charge in [0.1, 0.15) is 0 Å². The van der Waals surface area contributed by atoms with Crippen molar-refractivity contribution in [3.8, 4) is 0 Å². The maximum absolute atomic E-state index is 12.1. The molecule has 5 nitrogen and oxygen atoms in total. The summed E-state index contributed by atoms with van der Waals surface area (Å²) in [6.07, 6.45) is 1.01. The lowest BCUT2D eigenvalue weighted by molar-refractivity contribution is -0.145. The number of ether oxygens (including phenoxy) is 2. The molecule has 6 heteroatoms. The molecule has 1 aliphatic rings. The summed E-state index contributed by atoms with van der Waals surface area (Å²) in [5, 5.41) is 0. The van der Waals surface area contributed by atoms with Gasteiger partial charge in [-0.15, -0.1) is 0 Å². The Morgan fingerprint density at radius 3 is 2.25 bits per heavy atom. The van der Waals surface area contributed by atoms with E-state index in [2.05, 4.69) is 37.6 Å². The van der Waals surface area contributed by atoms with Crippen LogP contribution in [-0.4, -0.2) is 39.7 Å². The second-order valence-electron chi connectivity index (χ2n) is 7.49. The average Bonchev–Trinajstić information content (AvgIpc) is 2.91. The Balaban J connectivity index is 1.79. The van der Waals surface area contributed by atoms with Crippen LogP contribution in [0.1, 0.15) is 45.2 Å². The molecule has 0 aromatic heterocycles. The van der Waals surface area contributed by atoms with Crippen LogP contribution in [0.2, 0.25) is 0 Å². The molecule has 0 atom stereocenters. The fraction of sp³-hybridized carbons (Fsp3) is 0.667. The van der Waals surface area contributed by atoms with E-state index in [1.54, 1.807) is 0 Å². The van der Waals surface area contributed by atoms with Crippen molar-refractivity contribution in [2.75, 3.05) is 25.5 Å². The van der Waals surface area contributed by atoms with Crippen molar-refractivity contribution in [2.24, 2.45) is 0 Å². The summed E-state index contributed by atoms with van der Waals surface area (Å²) in [6, 6.07) is 8.17. The van der Waals surface area contributed by atoms with E-state index in [9.17, 15) is 8.42 Å². The first-order valence-corrected chi connectivity index (χ1v) is 10.1. The van der Waals surface area contributed by atoms with Crippen LogP contribution in [0.25, 0.3) is 0 Å². The highest BCUT2D eigenvalue weighted by Gasteiger charge is 2.30. The van der Waals surface area contributed by atoms with Crippen LogP contribution in [0.3, 0.4) is 0 Å². The van der Waals surface area contributed by atoms with Gasteiger partial charge in [-0.1, -0.05) is 45.0 Å². The lowest BCUT2D eigenvalue weighted by Crippen LogP contribution is -2.34. The molecular weight excluding hydrogens is 326 g/mol. The Kier molecular flexibility index (Phi) is 6.07. The Labute approximate surface area is 145 Å². The number of benzene rings is 1. The summed E-state index contributed by atoms with van der Waals surface area (Å²) in [4.78, 5) is 0. The van der Waals surface area contributed by atoms with Crippen LogP contribution < -0.4 is 4.72 Å². The molecule has 1 aromatic carbocycles. The first-order valence-electron chi connectivity index (χ1n) is 8.44. The van der Waals surface area contributed by atoms with E-state index in [0.717, 1.165) is 5.56 Å². The van der Waals surface area contributed by atoms with E-state index in [1.165, 1.54) is 5.56 Å². The van der Waals surface area contributed by atoms with E-state index in [-0.39, 0.29) is 11.2 Å². The highest BCUT2D eigenvalue weighted by molar-refractivity contribution is 7.89. The minimum atomic E-state index is -3.30. The van der Waals surface area contributed by atoms with Gasteiger partial charge in [0.2, 0.25) is 10.0 Å². The van der Waals surface area contributed by atoms with Gasteiger partial charge in [-0.2, -0.15) is 0 Å². The number of rotatable bonds is 7. The van der Waals surface area contributed by atoms with Crippen molar-refractivity contribution >= 4 is 10.0 Å². The van der Waals surface area contributed by atoms with Crippen molar-refractivity contribution in [1.29, 1.82) is 0 Å². The lowest BCUT2D eigenvalue weighted by atomic mass is 9.86. The molecule has 0 spiro atoms. The summed E-state index contributed by atoms with van der Waals surface area (Å²) < 4.78 is 37.8. The largest absolute Gasteiger partial charge is 0.348 e. The van der Waals surface area contributed by atoms with Crippen LogP contribution >= 0.6 is 0 Å². The van der Waals surface area contributed by atoms with E-state index >= 15 is 0 Å². The highest BCUT2D eigenvalue weighted by Crippen LogP contribution is 2.23. The number of hydrogen-bond donors (Lipinski definition) is 1. The zero-order chi connectivity index (χ0) is 17.8. The van der Waals surface area contributed by atoms with Gasteiger partial charge in [0.15, 0.2) is 5.79 Å². The van der Waals surface area contributed by atoms with Crippen molar-refractivity contribution < 1.29 is 17.9 Å². The standard InChI is InChI=1S/C18H29NO4S/c1-17(2,3)16-7-5-15(6-8-16)9-14-24(20,21)19-11-10-18(4)22-12-13-23-18/h5-8,19H,9-14H2,1-4H3. The Morgan fingerprint density at radius 1 is 1.12 bits per heavy atom.